The molecule has 0 aromatic heterocycles. The van der Waals surface area contributed by atoms with E-state index in [1.807, 2.05) is 0 Å². The van der Waals surface area contributed by atoms with E-state index in [1.165, 1.54) is 38.5 Å². The first kappa shape index (κ1) is 9.38. The summed E-state index contributed by atoms with van der Waals surface area (Å²) in [5.74, 6) is 2.62. The Bertz CT molecular complexity index is 95.0. The van der Waals surface area contributed by atoms with Crippen LogP contribution in [0.1, 0.15) is 45.4 Å². The fraction of sp³-hybridized carbons (Fsp3) is 1.00. The number of rotatable bonds is 4. The van der Waals surface area contributed by atoms with Gasteiger partial charge in [-0.15, -0.1) is 11.6 Å². The minimum atomic E-state index is 0.734. The van der Waals surface area contributed by atoms with E-state index >= 15 is 0 Å². The van der Waals surface area contributed by atoms with Gasteiger partial charge in [0.25, 0.3) is 0 Å². The summed E-state index contributed by atoms with van der Waals surface area (Å²) >= 11 is 5.74. The Morgan fingerprint density at radius 2 is 2.00 bits per heavy atom. The second-order valence-corrected chi connectivity index (χ2v) is 4.30. The van der Waals surface area contributed by atoms with Crippen LogP contribution in [0.5, 0.6) is 0 Å². The van der Waals surface area contributed by atoms with Gasteiger partial charge < -0.3 is 0 Å². The Morgan fingerprint density at radius 3 is 2.55 bits per heavy atom. The Hall–Kier alpha value is 0.290. The molecule has 0 aromatic rings. The van der Waals surface area contributed by atoms with Gasteiger partial charge in [0.1, 0.15) is 0 Å². The van der Waals surface area contributed by atoms with Gasteiger partial charge in [0.2, 0.25) is 0 Å². The highest BCUT2D eigenvalue weighted by molar-refractivity contribution is 6.18. The van der Waals surface area contributed by atoms with Gasteiger partial charge in [0.05, 0.1) is 0 Å². The van der Waals surface area contributed by atoms with Gasteiger partial charge in [-0.05, 0) is 18.3 Å². The molecule has 1 atom stereocenters. The molecule has 0 bridgehead atoms. The summed E-state index contributed by atoms with van der Waals surface area (Å²) in [4.78, 5) is 0. The van der Waals surface area contributed by atoms with Gasteiger partial charge in [-0.2, -0.15) is 0 Å². The van der Waals surface area contributed by atoms with Crippen LogP contribution in [-0.2, 0) is 0 Å². The highest BCUT2D eigenvalue weighted by Gasteiger charge is 2.15. The largest absolute Gasteiger partial charge is 0.126 e. The molecule has 0 saturated heterocycles. The third-order valence-electron chi connectivity index (χ3n) is 2.81. The fourth-order valence-electron chi connectivity index (χ4n) is 1.90. The molecular formula is C10H19Cl. The molecule has 0 heterocycles. The molecule has 0 N–H and O–H groups in total. The van der Waals surface area contributed by atoms with Crippen LogP contribution < -0.4 is 0 Å². The molecule has 1 fully saturated rings. The monoisotopic (exact) mass is 174 g/mol. The van der Waals surface area contributed by atoms with E-state index in [4.69, 9.17) is 11.6 Å². The molecule has 1 rings (SSSR count). The van der Waals surface area contributed by atoms with Gasteiger partial charge in [0, 0.05) is 5.88 Å². The van der Waals surface area contributed by atoms with Gasteiger partial charge in [-0.3, -0.25) is 0 Å². The van der Waals surface area contributed by atoms with Crippen molar-refractivity contribution in [3.8, 4) is 0 Å². The summed E-state index contributed by atoms with van der Waals surface area (Å²) in [6, 6.07) is 0. The molecule has 0 nitrogen and oxygen atoms in total. The summed E-state index contributed by atoms with van der Waals surface area (Å²) in [5.41, 5.74) is 0. The van der Waals surface area contributed by atoms with E-state index in [2.05, 4.69) is 6.92 Å². The van der Waals surface area contributed by atoms with Crippen LogP contribution in [0, 0.1) is 11.8 Å². The molecule has 1 heteroatoms. The predicted octanol–water partition coefficient (Wildman–Crippen LogP) is 3.83. The average molecular weight is 175 g/mol. The van der Waals surface area contributed by atoms with Crippen molar-refractivity contribution in [3.63, 3.8) is 0 Å². The summed E-state index contributed by atoms with van der Waals surface area (Å²) < 4.78 is 0. The topological polar surface area (TPSA) is 0 Å². The maximum Gasteiger partial charge on any atom is 0.0249 e. The van der Waals surface area contributed by atoms with Crippen molar-refractivity contribution < 1.29 is 0 Å². The highest BCUT2D eigenvalue weighted by Crippen LogP contribution is 2.29. The zero-order valence-electron chi connectivity index (χ0n) is 7.48. The van der Waals surface area contributed by atoms with Crippen molar-refractivity contribution in [2.45, 2.75) is 45.4 Å². The average Bonchev–Trinajstić information content (AvgIpc) is 2.52. The van der Waals surface area contributed by atoms with Gasteiger partial charge in [0.15, 0.2) is 0 Å². The Balaban J connectivity index is 2.01. The SMILES string of the molecule is CC(CCl)CCC1CCCC1. The van der Waals surface area contributed by atoms with E-state index in [9.17, 15) is 0 Å². The molecule has 0 amide bonds. The van der Waals surface area contributed by atoms with Crippen LogP contribution in [0.2, 0.25) is 0 Å². The van der Waals surface area contributed by atoms with Crippen LogP contribution in [-0.4, -0.2) is 5.88 Å². The lowest BCUT2D eigenvalue weighted by atomic mass is 9.97. The number of hydrogen-bond acceptors (Lipinski definition) is 0. The van der Waals surface area contributed by atoms with Crippen molar-refractivity contribution in [1.29, 1.82) is 0 Å². The number of alkyl halides is 1. The van der Waals surface area contributed by atoms with Gasteiger partial charge >= 0.3 is 0 Å². The van der Waals surface area contributed by atoms with Crippen molar-refractivity contribution in [2.75, 3.05) is 5.88 Å². The molecule has 1 aliphatic carbocycles. The van der Waals surface area contributed by atoms with E-state index in [-0.39, 0.29) is 0 Å². The molecule has 0 aliphatic heterocycles. The zero-order chi connectivity index (χ0) is 8.10. The van der Waals surface area contributed by atoms with Crippen LogP contribution in [0.15, 0.2) is 0 Å². The summed E-state index contributed by atoms with van der Waals surface area (Å²) in [7, 11) is 0. The fourth-order valence-corrected chi connectivity index (χ4v) is 2.05. The van der Waals surface area contributed by atoms with E-state index in [0.717, 1.165) is 17.7 Å². The third-order valence-corrected chi connectivity index (χ3v) is 3.33. The Kier molecular flexibility index (Phi) is 4.29. The molecule has 1 saturated carbocycles. The van der Waals surface area contributed by atoms with Crippen molar-refractivity contribution in [3.05, 3.63) is 0 Å². The second kappa shape index (κ2) is 5.03. The summed E-state index contributed by atoms with van der Waals surface area (Å²) in [6.45, 7) is 2.25. The quantitative estimate of drug-likeness (QED) is 0.569. The summed E-state index contributed by atoms with van der Waals surface area (Å²) in [5, 5.41) is 0. The first-order chi connectivity index (χ1) is 5.33. The summed E-state index contributed by atoms with van der Waals surface area (Å²) in [6.07, 6.45) is 8.67. The predicted molar refractivity (Wildman–Crippen MR) is 51.1 cm³/mol. The maximum atomic E-state index is 5.74. The Morgan fingerprint density at radius 1 is 1.36 bits per heavy atom. The molecule has 0 radical (unpaired) electrons. The second-order valence-electron chi connectivity index (χ2n) is 3.99. The van der Waals surface area contributed by atoms with E-state index < -0.39 is 0 Å². The standard InChI is InChI=1S/C10H19Cl/c1-9(8-11)6-7-10-4-2-3-5-10/h9-10H,2-8H2,1H3. The maximum absolute atomic E-state index is 5.74. The van der Waals surface area contributed by atoms with Crippen LogP contribution >= 0.6 is 11.6 Å². The molecule has 11 heavy (non-hydrogen) atoms. The lowest BCUT2D eigenvalue weighted by Crippen LogP contribution is -2.00. The first-order valence-corrected chi connectivity index (χ1v) is 5.42. The molecular weight excluding hydrogens is 156 g/mol. The van der Waals surface area contributed by atoms with Crippen LogP contribution in [0.4, 0.5) is 0 Å². The van der Waals surface area contributed by atoms with Gasteiger partial charge in [-0.25, -0.2) is 0 Å². The van der Waals surface area contributed by atoms with E-state index in [0.29, 0.717) is 0 Å². The molecule has 0 aromatic carbocycles. The van der Waals surface area contributed by atoms with Crippen molar-refractivity contribution >= 4 is 11.6 Å². The smallest absolute Gasteiger partial charge is 0.0249 e. The number of hydrogen-bond donors (Lipinski definition) is 0. The Labute approximate surface area is 75.3 Å². The van der Waals surface area contributed by atoms with Crippen LogP contribution in [0.25, 0.3) is 0 Å². The van der Waals surface area contributed by atoms with Crippen molar-refractivity contribution in [1.82, 2.24) is 0 Å². The molecule has 1 aliphatic rings. The van der Waals surface area contributed by atoms with Crippen molar-refractivity contribution in [2.24, 2.45) is 11.8 Å². The lowest BCUT2D eigenvalue weighted by Gasteiger charge is -2.11. The molecule has 0 spiro atoms. The van der Waals surface area contributed by atoms with Crippen LogP contribution in [0.3, 0.4) is 0 Å². The lowest BCUT2D eigenvalue weighted by molar-refractivity contribution is 0.435. The normalized spacial score (nSPS) is 22.4. The minimum Gasteiger partial charge on any atom is -0.126 e. The zero-order valence-corrected chi connectivity index (χ0v) is 8.24. The minimum absolute atomic E-state index is 0.734. The number of halogens is 1. The molecule has 66 valence electrons. The first-order valence-electron chi connectivity index (χ1n) is 4.89. The van der Waals surface area contributed by atoms with E-state index in [1.54, 1.807) is 0 Å². The third kappa shape index (κ3) is 3.46. The highest BCUT2D eigenvalue weighted by atomic mass is 35.5. The van der Waals surface area contributed by atoms with Gasteiger partial charge in [-0.1, -0.05) is 39.0 Å². The molecule has 1 unspecified atom stereocenters.